The third-order valence-electron chi connectivity index (χ3n) is 2.02. The van der Waals surface area contributed by atoms with Gasteiger partial charge in [-0.25, -0.2) is 0 Å². The second kappa shape index (κ2) is 2.17. The van der Waals surface area contributed by atoms with E-state index in [1.54, 1.807) is 0 Å². The van der Waals surface area contributed by atoms with Gasteiger partial charge in [-0.05, 0) is 12.3 Å². The fourth-order valence-electron chi connectivity index (χ4n) is 1.10. The lowest BCUT2D eigenvalue weighted by Gasteiger charge is -1.91. The summed E-state index contributed by atoms with van der Waals surface area (Å²) in [7, 11) is 0. The molecule has 1 fully saturated rings. The monoisotopic (exact) mass is 164 g/mol. The lowest BCUT2D eigenvalue weighted by atomic mass is 10.2. The van der Waals surface area contributed by atoms with Crippen molar-refractivity contribution in [2.75, 3.05) is 0 Å². The molecule has 2 atom stereocenters. The molecular weight excluding hydrogens is 155 g/mol. The predicted molar refractivity (Wildman–Crippen MR) is 41.9 cm³/mol. The maximum atomic E-state index is 5.85. The van der Waals surface area contributed by atoms with Crippen LogP contribution in [0.4, 0.5) is 0 Å². The Kier molecular flexibility index (Phi) is 1.79. The first-order chi connectivity index (χ1) is 4.10. The summed E-state index contributed by atoms with van der Waals surface area (Å²) in [6.07, 6.45) is 2.81. The summed E-state index contributed by atoms with van der Waals surface area (Å²) >= 11 is 11.7. The topological polar surface area (TPSA) is 0 Å². The van der Waals surface area contributed by atoms with E-state index in [1.807, 2.05) is 6.08 Å². The van der Waals surface area contributed by atoms with Crippen LogP contribution in [0.3, 0.4) is 0 Å². The van der Waals surface area contributed by atoms with E-state index in [0.29, 0.717) is 11.8 Å². The van der Waals surface area contributed by atoms with Crippen LogP contribution < -0.4 is 0 Å². The van der Waals surface area contributed by atoms with Crippen molar-refractivity contribution in [2.24, 2.45) is 11.8 Å². The highest BCUT2D eigenvalue weighted by Crippen LogP contribution is 2.60. The molecule has 0 aromatic heterocycles. The highest BCUT2D eigenvalue weighted by Gasteiger charge is 2.58. The SMILES string of the molecule is C=CC[C@H]1[C@@H](C)C1(Cl)Cl. The molecule has 0 radical (unpaired) electrons. The van der Waals surface area contributed by atoms with Crippen molar-refractivity contribution in [3.8, 4) is 0 Å². The van der Waals surface area contributed by atoms with Gasteiger partial charge in [0, 0.05) is 5.92 Å². The largest absolute Gasteiger partial charge is 0.124 e. The van der Waals surface area contributed by atoms with E-state index in [1.165, 1.54) is 0 Å². The molecule has 0 aliphatic heterocycles. The number of rotatable bonds is 2. The number of allylic oxidation sites excluding steroid dienone is 1. The van der Waals surface area contributed by atoms with Crippen molar-refractivity contribution in [3.63, 3.8) is 0 Å². The summed E-state index contributed by atoms with van der Waals surface area (Å²) in [6.45, 7) is 5.69. The van der Waals surface area contributed by atoms with E-state index in [4.69, 9.17) is 23.2 Å². The summed E-state index contributed by atoms with van der Waals surface area (Å²) in [5, 5.41) is 0. The Bertz CT molecular complexity index is 129. The van der Waals surface area contributed by atoms with E-state index >= 15 is 0 Å². The first-order valence-electron chi connectivity index (χ1n) is 3.09. The normalized spacial score (nSPS) is 38.1. The first-order valence-corrected chi connectivity index (χ1v) is 3.85. The molecule has 9 heavy (non-hydrogen) atoms. The molecule has 0 aromatic rings. The van der Waals surface area contributed by atoms with Crippen LogP contribution in [0.2, 0.25) is 0 Å². The third-order valence-corrected chi connectivity index (χ3v) is 3.27. The molecule has 0 saturated heterocycles. The molecule has 0 N–H and O–H groups in total. The van der Waals surface area contributed by atoms with Gasteiger partial charge in [-0.15, -0.1) is 29.8 Å². The zero-order chi connectivity index (χ0) is 7.07. The highest BCUT2D eigenvalue weighted by atomic mass is 35.5. The van der Waals surface area contributed by atoms with Gasteiger partial charge in [-0.3, -0.25) is 0 Å². The Hall–Kier alpha value is 0.320. The van der Waals surface area contributed by atoms with Crippen LogP contribution in [0.1, 0.15) is 13.3 Å². The molecule has 1 rings (SSSR count). The second-order valence-electron chi connectivity index (χ2n) is 2.59. The average molecular weight is 165 g/mol. The molecule has 0 aromatic carbocycles. The fourth-order valence-corrected chi connectivity index (χ4v) is 1.84. The molecule has 0 bridgehead atoms. The molecule has 0 nitrogen and oxygen atoms in total. The van der Waals surface area contributed by atoms with Gasteiger partial charge in [-0.1, -0.05) is 13.0 Å². The lowest BCUT2D eigenvalue weighted by Crippen LogP contribution is -1.87. The van der Waals surface area contributed by atoms with E-state index in [2.05, 4.69) is 13.5 Å². The fraction of sp³-hybridized carbons (Fsp3) is 0.714. The number of alkyl halides is 2. The van der Waals surface area contributed by atoms with Crippen molar-refractivity contribution in [1.29, 1.82) is 0 Å². The quantitative estimate of drug-likeness (QED) is 0.435. The van der Waals surface area contributed by atoms with Gasteiger partial charge in [0.15, 0.2) is 0 Å². The maximum absolute atomic E-state index is 5.85. The van der Waals surface area contributed by atoms with Crippen molar-refractivity contribution in [3.05, 3.63) is 12.7 Å². The minimum atomic E-state index is -0.450. The van der Waals surface area contributed by atoms with Gasteiger partial charge >= 0.3 is 0 Å². The number of hydrogen-bond donors (Lipinski definition) is 0. The molecule has 0 heterocycles. The molecule has 52 valence electrons. The minimum absolute atomic E-state index is 0.443. The third kappa shape index (κ3) is 1.11. The smallest absolute Gasteiger partial charge is 0.103 e. The summed E-state index contributed by atoms with van der Waals surface area (Å²) in [4.78, 5) is 0. The molecule has 1 saturated carbocycles. The Morgan fingerprint density at radius 3 is 2.22 bits per heavy atom. The Morgan fingerprint density at radius 1 is 1.67 bits per heavy atom. The summed E-state index contributed by atoms with van der Waals surface area (Å²) < 4.78 is -0.450. The van der Waals surface area contributed by atoms with E-state index < -0.39 is 4.33 Å². The second-order valence-corrected chi connectivity index (χ2v) is 4.04. The summed E-state index contributed by atoms with van der Waals surface area (Å²) in [5.41, 5.74) is 0. The van der Waals surface area contributed by atoms with Crippen LogP contribution >= 0.6 is 23.2 Å². The van der Waals surface area contributed by atoms with Crippen LogP contribution in [0.15, 0.2) is 12.7 Å². The molecule has 2 heteroatoms. The summed E-state index contributed by atoms with van der Waals surface area (Å²) in [6, 6.07) is 0. The van der Waals surface area contributed by atoms with Crippen LogP contribution in [0.5, 0.6) is 0 Å². The van der Waals surface area contributed by atoms with Gasteiger partial charge in [0.25, 0.3) is 0 Å². The molecule has 1 aliphatic carbocycles. The average Bonchev–Trinajstić information content (AvgIpc) is 2.19. The molecule has 0 amide bonds. The van der Waals surface area contributed by atoms with Gasteiger partial charge in [0.05, 0.1) is 0 Å². The van der Waals surface area contributed by atoms with Gasteiger partial charge in [0.1, 0.15) is 4.33 Å². The van der Waals surface area contributed by atoms with Crippen LogP contribution in [0.25, 0.3) is 0 Å². The zero-order valence-electron chi connectivity index (χ0n) is 5.40. The van der Waals surface area contributed by atoms with Crippen molar-refractivity contribution in [2.45, 2.75) is 17.7 Å². The Labute approximate surface area is 65.8 Å². The van der Waals surface area contributed by atoms with Crippen molar-refractivity contribution in [1.82, 2.24) is 0 Å². The summed E-state index contributed by atoms with van der Waals surface area (Å²) in [5.74, 6) is 0.886. The maximum Gasteiger partial charge on any atom is 0.124 e. The predicted octanol–water partition coefficient (Wildman–Crippen LogP) is 3.00. The number of halogens is 2. The molecule has 1 aliphatic rings. The highest BCUT2D eigenvalue weighted by molar-refractivity contribution is 6.51. The van der Waals surface area contributed by atoms with Gasteiger partial charge in [-0.2, -0.15) is 0 Å². The zero-order valence-corrected chi connectivity index (χ0v) is 6.91. The molecule has 0 unspecified atom stereocenters. The van der Waals surface area contributed by atoms with Crippen molar-refractivity contribution < 1.29 is 0 Å². The van der Waals surface area contributed by atoms with Crippen LogP contribution in [0, 0.1) is 11.8 Å². The Balaban J connectivity index is 2.42. The number of hydrogen-bond acceptors (Lipinski definition) is 0. The van der Waals surface area contributed by atoms with Gasteiger partial charge in [0.2, 0.25) is 0 Å². The van der Waals surface area contributed by atoms with E-state index in [0.717, 1.165) is 6.42 Å². The molecule has 0 spiro atoms. The van der Waals surface area contributed by atoms with Crippen LogP contribution in [-0.2, 0) is 0 Å². The Morgan fingerprint density at radius 2 is 2.11 bits per heavy atom. The van der Waals surface area contributed by atoms with E-state index in [-0.39, 0.29) is 0 Å². The van der Waals surface area contributed by atoms with Crippen molar-refractivity contribution >= 4 is 23.2 Å². The molecular formula is C7H10Cl2. The first kappa shape index (κ1) is 7.43. The van der Waals surface area contributed by atoms with Crippen LogP contribution in [-0.4, -0.2) is 4.33 Å². The lowest BCUT2D eigenvalue weighted by molar-refractivity contribution is 0.766. The minimum Gasteiger partial charge on any atom is -0.103 e. The van der Waals surface area contributed by atoms with E-state index in [9.17, 15) is 0 Å². The standard InChI is InChI=1S/C7H10Cl2/c1-3-4-6-5(2)7(6,8)9/h3,5-6H,1,4H2,2H3/t5-,6+/m1/s1. The van der Waals surface area contributed by atoms with Gasteiger partial charge < -0.3 is 0 Å².